The van der Waals surface area contributed by atoms with E-state index >= 15 is 0 Å². The number of benzene rings is 1. The van der Waals surface area contributed by atoms with Crippen molar-refractivity contribution in [2.45, 2.75) is 39.1 Å². The van der Waals surface area contributed by atoms with Gasteiger partial charge in [-0.1, -0.05) is 32.0 Å². The van der Waals surface area contributed by atoms with Crippen LogP contribution in [0, 0.1) is 5.92 Å². The van der Waals surface area contributed by atoms with Crippen molar-refractivity contribution in [3.05, 3.63) is 29.8 Å². The molecule has 0 bridgehead atoms. The van der Waals surface area contributed by atoms with Crippen molar-refractivity contribution in [2.24, 2.45) is 5.92 Å². The van der Waals surface area contributed by atoms with Gasteiger partial charge in [-0.2, -0.15) is 0 Å². The molecule has 0 saturated heterocycles. The number of hydrogen-bond acceptors (Lipinski definition) is 2. The van der Waals surface area contributed by atoms with E-state index in [4.69, 9.17) is 0 Å². The quantitative estimate of drug-likeness (QED) is 0.836. The van der Waals surface area contributed by atoms with Gasteiger partial charge in [-0.25, -0.2) is 0 Å². The van der Waals surface area contributed by atoms with Crippen molar-refractivity contribution in [3.8, 4) is 5.75 Å². The van der Waals surface area contributed by atoms with Gasteiger partial charge < -0.3 is 10.1 Å². The zero-order valence-electron chi connectivity index (χ0n) is 11.4. The first kappa shape index (κ1) is 15.8. The van der Waals surface area contributed by atoms with E-state index in [1.807, 2.05) is 0 Å². The monoisotopic (exact) mass is 275 g/mol. The molecular formula is C14H20F3NO. The number of alkyl halides is 3. The fourth-order valence-corrected chi connectivity index (χ4v) is 1.94. The van der Waals surface area contributed by atoms with Gasteiger partial charge in [-0.05, 0) is 31.9 Å². The van der Waals surface area contributed by atoms with E-state index in [0.29, 0.717) is 11.5 Å². The molecule has 1 aromatic carbocycles. The lowest BCUT2D eigenvalue weighted by molar-refractivity contribution is -0.275. The smallest absolute Gasteiger partial charge is 0.405 e. The standard InChI is InChI=1S/C14H20F3NO/c1-10(2)8-9-12(18-3)11-6-4-5-7-13(11)19-14(15,16)17/h4-7,10,12,18H,8-9H2,1-3H3. The van der Waals surface area contributed by atoms with E-state index in [1.54, 1.807) is 25.2 Å². The number of hydrogen-bond donors (Lipinski definition) is 1. The minimum atomic E-state index is -4.66. The van der Waals surface area contributed by atoms with Crippen molar-refractivity contribution in [2.75, 3.05) is 7.05 Å². The molecule has 2 nitrogen and oxygen atoms in total. The molecule has 0 aliphatic rings. The molecule has 1 rings (SSSR count). The highest BCUT2D eigenvalue weighted by Gasteiger charge is 2.32. The molecule has 0 aromatic heterocycles. The van der Waals surface area contributed by atoms with Crippen LogP contribution in [-0.4, -0.2) is 13.4 Å². The Labute approximate surface area is 112 Å². The Kier molecular flexibility index (Phi) is 5.66. The Morgan fingerprint density at radius 1 is 1.16 bits per heavy atom. The second kappa shape index (κ2) is 6.80. The molecule has 19 heavy (non-hydrogen) atoms. The van der Waals surface area contributed by atoms with E-state index in [0.717, 1.165) is 12.8 Å². The van der Waals surface area contributed by atoms with Crippen LogP contribution in [0.25, 0.3) is 0 Å². The normalized spacial score (nSPS) is 13.6. The Morgan fingerprint density at radius 3 is 2.32 bits per heavy atom. The van der Waals surface area contributed by atoms with Gasteiger partial charge in [0.25, 0.3) is 0 Å². The molecular weight excluding hydrogens is 255 g/mol. The van der Waals surface area contributed by atoms with Crippen molar-refractivity contribution < 1.29 is 17.9 Å². The third kappa shape index (κ3) is 5.51. The third-order valence-electron chi connectivity index (χ3n) is 2.90. The predicted molar refractivity (Wildman–Crippen MR) is 69.0 cm³/mol. The second-order valence-electron chi connectivity index (χ2n) is 4.90. The topological polar surface area (TPSA) is 21.3 Å². The van der Waals surface area contributed by atoms with Crippen LogP contribution in [0.5, 0.6) is 5.75 Å². The minimum Gasteiger partial charge on any atom is -0.405 e. The van der Waals surface area contributed by atoms with E-state index < -0.39 is 6.36 Å². The second-order valence-corrected chi connectivity index (χ2v) is 4.90. The largest absolute Gasteiger partial charge is 0.573 e. The first-order valence-corrected chi connectivity index (χ1v) is 6.35. The van der Waals surface area contributed by atoms with Crippen LogP contribution < -0.4 is 10.1 Å². The fourth-order valence-electron chi connectivity index (χ4n) is 1.94. The minimum absolute atomic E-state index is 0.127. The molecule has 0 aliphatic heterocycles. The average Bonchev–Trinajstić information content (AvgIpc) is 2.29. The van der Waals surface area contributed by atoms with E-state index in [1.165, 1.54) is 6.07 Å². The summed E-state index contributed by atoms with van der Waals surface area (Å²) in [5.74, 6) is 0.379. The van der Waals surface area contributed by atoms with Crippen LogP contribution in [0.4, 0.5) is 13.2 Å². The Morgan fingerprint density at radius 2 is 1.79 bits per heavy atom. The highest BCUT2D eigenvalue weighted by Crippen LogP contribution is 2.32. The fraction of sp³-hybridized carbons (Fsp3) is 0.571. The van der Waals surface area contributed by atoms with Crippen molar-refractivity contribution >= 4 is 0 Å². The highest BCUT2D eigenvalue weighted by molar-refractivity contribution is 5.36. The summed E-state index contributed by atoms with van der Waals surface area (Å²) in [5, 5.41) is 3.05. The lowest BCUT2D eigenvalue weighted by atomic mass is 9.97. The SMILES string of the molecule is CNC(CCC(C)C)c1ccccc1OC(F)(F)F. The summed E-state index contributed by atoms with van der Waals surface area (Å²) in [6, 6.07) is 6.14. The van der Waals surface area contributed by atoms with Crippen LogP contribution >= 0.6 is 0 Å². The van der Waals surface area contributed by atoms with Gasteiger partial charge in [0.2, 0.25) is 0 Å². The van der Waals surface area contributed by atoms with Crippen molar-refractivity contribution in [1.29, 1.82) is 0 Å². The molecule has 0 heterocycles. The van der Waals surface area contributed by atoms with Crippen LogP contribution in [-0.2, 0) is 0 Å². The van der Waals surface area contributed by atoms with Gasteiger partial charge in [0, 0.05) is 11.6 Å². The summed E-state index contributed by atoms with van der Waals surface area (Å²) in [6.07, 6.45) is -2.95. The maximum absolute atomic E-state index is 12.4. The first-order chi connectivity index (χ1) is 8.83. The molecule has 1 unspecified atom stereocenters. The molecule has 5 heteroatoms. The molecule has 0 spiro atoms. The maximum Gasteiger partial charge on any atom is 0.573 e. The number of nitrogens with one attached hydrogen (secondary N) is 1. The van der Waals surface area contributed by atoms with Gasteiger partial charge >= 0.3 is 6.36 Å². The molecule has 0 fully saturated rings. The summed E-state index contributed by atoms with van der Waals surface area (Å²) in [6.45, 7) is 4.18. The third-order valence-corrected chi connectivity index (χ3v) is 2.90. The van der Waals surface area contributed by atoms with Gasteiger partial charge in [0.1, 0.15) is 5.75 Å². The lowest BCUT2D eigenvalue weighted by Crippen LogP contribution is -2.22. The number of halogens is 3. The predicted octanol–water partition coefficient (Wildman–Crippen LogP) is 4.28. The van der Waals surface area contributed by atoms with Gasteiger partial charge in [-0.15, -0.1) is 13.2 Å². The lowest BCUT2D eigenvalue weighted by Gasteiger charge is -2.21. The average molecular weight is 275 g/mol. The highest BCUT2D eigenvalue weighted by atomic mass is 19.4. The van der Waals surface area contributed by atoms with Crippen molar-refractivity contribution in [1.82, 2.24) is 5.32 Å². The maximum atomic E-state index is 12.4. The summed E-state index contributed by atoms with van der Waals surface area (Å²) in [4.78, 5) is 0. The Bertz CT molecular complexity index is 391. The van der Waals surface area contributed by atoms with Crippen LogP contribution in [0.1, 0.15) is 38.3 Å². The first-order valence-electron chi connectivity index (χ1n) is 6.35. The van der Waals surface area contributed by atoms with Gasteiger partial charge in [0.05, 0.1) is 0 Å². The number of rotatable bonds is 6. The summed E-state index contributed by atoms with van der Waals surface area (Å²) < 4.78 is 41.2. The van der Waals surface area contributed by atoms with E-state index in [-0.39, 0.29) is 11.8 Å². The number of ether oxygens (including phenoxy) is 1. The van der Waals surface area contributed by atoms with Crippen molar-refractivity contribution in [3.63, 3.8) is 0 Å². The van der Waals surface area contributed by atoms with E-state index in [9.17, 15) is 13.2 Å². The van der Waals surface area contributed by atoms with Crippen LogP contribution in [0.3, 0.4) is 0 Å². The molecule has 108 valence electrons. The molecule has 0 radical (unpaired) electrons. The molecule has 0 aliphatic carbocycles. The van der Waals surface area contributed by atoms with E-state index in [2.05, 4.69) is 23.9 Å². The molecule has 0 amide bonds. The molecule has 1 atom stereocenters. The molecule has 0 saturated carbocycles. The Hall–Kier alpha value is -1.23. The summed E-state index contributed by atoms with van der Waals surface area (Å²) in [5.41, 5.74) is 0.544. The zero-order valence-corrected chi connectivity index (χ0v) is 11.4. The molecule has 1 aromatic rings. The Balaban J connectivity index is 2.90. The summed E-state index contributed by atoms with van der Waals surface area (Å²) >= 11 is 0. The summed E-state index contributed by atoms with van der Waals surface area (Å²) in [7, 11) is 1.75. The zero-order chi connectivity index (χ0) is 14.5. The van der Waals surface area contributed by atoms with Crippen LogP contribution in [0.15, 0.2) is 24.3 Å². The van der Waals surface area contributed by atoms with Crippen LogP contribution in [0.2, 0.25) is 0 Å². The van der Waals surface area contributed by atoms with Gasteiger partial charge in [-0.3, -0.25) is 0 Å². The van der Waals surface area contributed by atoms with Gasteiger partial charge in [0.15, 0.2) is 0 Å². The number of para-hydroxylation sites is 1. The molecule has 1 N–H and O–H groups in total.